The molecule has 11 nitrogen and oxygen atoms in total. The molecule has 2 aliphatic heterocycles. The number of hydrogen-bond acceptors (Lipinski definition) is 9. The normalized spacial score (nSPS) is 20.5. The minimum absolute atomic E-state index is 0.0886. The summed E-state index contributed by atoms with van der Waals surface area (Å²) in [5.74, 6) is -3.57. The first-order valence-corrected chi connectivity index (χ1v) is 13.9. The van der Waals surface area contributed by atoms with Gasteiger partial charge in [-0.2, -0.15) is 18.4 Å². The lowest BCUT2D eigenvalue weighted by Crippen LogP contribution is -2.48. The molecule has 2 saturated heterocycles. The number of carbonyl (C=O) groups excluding carboxylic acids is 3. The number of amides is 3. The van der Waals surface area contributed by atoms with E-state index in [9.17, 15) is 32.8 Å². The van der Waals surface area contributed by atoms with E-state index < -0.39 is 12.1 Å². The minimum Gasteiger partial charge on any atom is -0.475 e. The maximum Gasteiger partial charge on any atom is 0.490 e. The highest BCUT2D eigenvalue weighted by Crippen LogP contribution is 2.63. The van der Waals surface area contributed by atoms with Crippen LogP contribution in [0.1, 0.15) is 30.1 Å². The van der Waals surface area contributed by atoms with Crippen LogP contribution in [0.15, 0.2) is 24.4 Å². The van der Waals surface area contributed by atoms with Crippen LogP contribution in [0.25, 0.3) is 21.3 Å². The fraction of sp³-hybridized carbons (Fsp3) is 0.393. The van der Waals surface area contributed by atoms with Crippen molar-refractivity contribution in [3.05, 3.63) is 40.7 Å². The molecule has 0 radical (unpaired) electrons. The number of pyridine rings is 2. The van der Waals surface area contributed by atoms with Crippen LogP contribution in [0.2, 0.25) is 0 Å². The van der Waals surface area contributed by atoms with E-state index in [-0.39, 0.29) is 53.1 Å². The Morgan fingerprint density at radius 1 is 1.21 bits per heavy atom. The second kappa shape index (κ2) is 10.7. The van der Waals surface area contributed by atoms with Crippen LogP contribution in [-0.2, 0) is 25.7 Å². The third kappa shape index (κ3) is 5.43. The van der Waals surface area contributed by atoms with Gasteiger partial charge in [-0.1, -0.05) is 13.8 Å². The number of aromatic nitrogens is 2. The monoisotopic (exact) mass is 614 g/mol. The Labute approximate surface area is 246 Å². The number of likely N-dealkylation sites (tertiary alicyclic amines) is 1. The molecule has 2 atom stereocenters. The van der Waals surface area contributed by atoms with Gasteiger partial charge < -0.3 is 15.7 Å². The molecule has 0 spiro atoms. The van der Waals surface area contributed by atoms with Crippen molar-refractivity contribution in [3.8, 4) is 17.2 Å². The van der Waals surface area contributed by atoms with E-state index in [0.29, 0.717) is 30.0 Å². The van der Waals surface area contributed by atoms with Crippen LogP contribution in [0, 0.1) is 41.4 Å². The zero-order valence-corrected chi connectivity index (χ0v) is 23.9. The summed E-state index contributed by atoms with van der Waals surface area (Å²) in [5, 5.41) is 22.8. The minimum atomic E-state index is -5.08. The van der Waals surface area contributed by atoms with E-state index in [0.717, 1.165) is 20.7 Å². The molecule has 0 aromatic carbocycles. The molecule has 3 aliphatic rings. The summed E-state index contributed by atoms with van der Waals surface area (Å²) in [5.41, 5.74) is 3.36. The van der Waals surface area contributed by atoms with Gasteiger partial charge in [-0.05, 0) is 30.5 Å². The Morgan fingerprint density at radius 3 is 2.37 bits per heavy atom. The molecule has 3 amide bonds. The number of piperidine rings is 1. The number of hydrogen-bond donors (Lipinski definition) is 3. The molecule has 43 heavy (non-hydrogen) atoms. The van der Waals surface area contributed by atoms with Gasteiger partial charge in [0.1, 0.15) is 11.8 Å². The average Bonchev–Trinajstić information content (AvgIpc) is 3.14. The maximum atomic E-state index is 12.8. The first kappa shape index (κ1) is 30.1. The molecule has 6 rings (SSSR count). The van der Waals surface area contributed by atoms with Crippen molar-refractivity contribution in [2.45, 2.75) is 33.5 Å². The number of halogens is 3. The lowest BCUT2D eigenvalue weighted by atomic mass is 10.00. The number of rotatable bonds is 5. The largest absolute Gasteiger partial charge is 0.490 e. The van der Waals surface area contributed by atoms with Crippen molar-refractivity contribution >= 4 is 50.9 Å². The number of carboxylic acids is 1. The molecule has 224 valence electrons. The number of imide groups is 1. The van der Waals surface area contributed by atoms with Crippen molar-refractivity contribution in [1.82, 2.24) is 20.2 Å². The van der Waals surface area contributed by atoms with Gasteiger partial charge in [0.25, 0.3) is 0 Å². The van der Waals surface area contributed by atoms with Gasteiger partial charge in [-0.25, -0.2) is 9.78 Å². The van der Waals surface area contributed by atoms with Crippen molar-refractivity contribution in [2.24, 2.45) is 23.2 Å². The van der Waals surface area contributed by atoms with Crippen molar-refractivity contribution in [3.63, 3.8) is 0 Å². The Morgan fingerprint density at radius 2 is 1.84 bits per heavy atom. The molecule has 5 heterocycles. The van der Waals surface area contributed by atoms with E-state index in [1.54, 1.807) is 19.2 Å². The number of carbonyl (C=O) groups is 4. The number of aliphatic carboxylic acids is 1. The average molecular weight is 615 g/mol. The van der Waals surface area contributed by atoms with Crippen LogP contribution in [0.4, 0.5) is 18.9 Å². The van der Waals surface area contributed by atoms with E-state index >= 15 is 0 Å². The van der Waals surface area contributed by atoms with Gasteiger partial charge in [0.05, 0.1) is 45.9 Å². The number of nitrogens with zero attached hydrogens (tertiary/aromatic N) is 4. The van der Waals surface area contributed by atoms with Crippen LogP contribution in [0.3, 0.4) is 0 Å². The summed E-state index contributed by atoms with van der Waals surface area (Å²) in [6.45, 7) is 7.19. The summed E-state index contributed by atoms with van der Waals surface area (Å²) in [6.07, 6.45) is -3.40. The van der Waals surface area contributed by atoms with E-state index in [4.69, 9.17) is 9.90 Å². The van der Waals surface area contributed by atoms with Crippen molar-refractivity contribution in [2.75, 3.05) is 18.4 Å². The first-order chi connectivity index (χ1) is 20.1. The predicted octanol–water partition coefficient (Wildman–Crippen LogP) is 3.47. The number of thiophene rings is 1. The molecule has 3 N–H and O–H groups in total. The van der Waals surface area contributed by atoms with Gasteiger partial charge >= 0.3 is 12.1 Å². The van der Waals surface area contributed by atoms with Crippen LogP contribution in [0.5, 0.6) is 0 Å². The standard InChI is InChI=1S/C26H24N6O3S.C2HF3O2/c1-12-21(31-23(33)13-9-28-10-13)17(6-14(8-27)30-12)16-4-5-29-18-7-15(36-22(16)18)11-32-24(34)19-20(25(32)35)26(19,2)3;3-2(4,5)1(6)7/h4-7,13,19-20,28H,9-11H2,1-3H3,(H,31,33);(H,6,7). The third-order valence-electron chi connectivity index (χ3n) is 7.92. The summed E-state index contributed by atoms with van der Waals surface area (Å²) in [4.78, 5) is 58.4. The van der Waals surface area contributed by atoms with Gasteiger partial charge in [0.2, 0.25) is 17.7 Å². The molecule has 15 heteroatoms. The third-order valence-corrected chi connectivity index (χ3v) is 9.06. The van der Waals surface area contributed by atoms with Crippen molar-refractivity contribution < 1.29 is 37.5 Å². The molecule has 3 aromatic rings. The molecule has 3 fully saturated rings. The van der Waals surface area contributed by atoms with Gasteiger partial charge in [0.15, 0.2) is 0 Å². The van der Waals surface area contributed by atoms with Gasteiger partial charge in [-0.3, -0.25) is 24.3 Å². The molecular formula is C28H25F3N6O5S. The number of nitriles is 1. The van der Waals surface area contributed by atoms with E-state index in [1.807, 2.05) is 26.0 Å². The number of alkyl halides is 3. The Bertz CT molecular complexity index is 1700. The SMILES string of the molecule is Cc1nc(C#N)cc(-c2ccnc3cc(CN4C(=O)C5C(C4=O)C5(C)C)sc23)c1NC(=O)C1CNC1.O=C(O)C(F)(F)F. The maximum absolute atomic E-state index is 12.8. The van der Waals surface area contributed by atoms with Gasteiger partial charge in [-0.15, -0.1) is 11.3 Å². The molecular weight excluding hydrogens is 589 g/mol. The lowest BCUT2D eigenvalue weighted by molar-refractivity contribution is -0.192. The summed E-state index contributed by atoms with van der Waals surface area (Å²) in [6, 6.07) is 7.53. The summed E-state index contributed by atoms with van der Waals surface area (Å²) in [7, 11) is 0. The molecule has 2 unspecified atom stereocenters. The predicted molar refractivity (Wildman–Crippen MR) is 147 cm³/mol. The van der Waals surface area contributed by atoms with Crippen LogP contribution >= 0.6 is 11.3 Å². The Balaban J connectivity index is 0.000000472. The zero-order chi connectivity index (χ0) is 31.4. The summed E-state index contributed by atoms with van der Waals surface area (Å²) < 4.78 is 32.6. The Hall–Kier alpha value is -4.42. The molecule has 0 bridgehead atoms. The smallest absolute Gasteiger partial charge is 0.475 e. The fourth-order valence-corrected chi connectivity index (χ4v) is 6.52. The fourth-order valence-electron chi connectivity index (χ4n) is 5.39. The molecule has 3 aromatic heterocycles. The topological polar surface area (TPSA) is 165 Å². The Kier molecular flexibility index (Phi) is 7.47. The first-order valence-electron chi connectivity index (χ1n) is 13.1. The zero-order valence-electron chi connectivity index (χ0n) is 23.1. The van der Waals surface area contributed by atoms with Gasteiger partial charge in [0, 0.05) is 35.3 Å². The summed E-state index contributed by atoms with van der Waals surface area (Å²) >= 11 is 1.46. The second-order valence-corrected chi connectivity index (χ2v) is 12.2. The number of anilines is 1. The number of carboxylic acid groups (broad SMARTS) is 1. The van der Waals surface area contributed by atoms with E-state index in [2.05, 4.69) is 26.7 Å². The van der Waals surface area contributed by atoms with Crippen LogP contribution < -0.4 is 10.6 Å². The highest BCUT2D eigenvalue weighted by molar-refractivity contribution is 7.19. The lowest BCUT2D eigenvalue weighted by Gasteiger charge is -2.26. The number of nitrogens with one attached hydrogen (secondary N) is 2. The number of aryl methyl sites for hydroxylation is 1. The molecule has 1 aliphatic carbocycles. The van der Waals surface area contributed by atoms with E-state index in [1.165, 1.54) is 16.2 Å². The van der Waals surface area contributed by atoms with Crippen molar-refractivity contribution in [1.29, 1.82) is 5.26 Å². The highest BCUT2D eigenvalue weighted by atomic mass is 32.1. The second-order valence-electron chi connectivity index (χ2n) is 11.1. The molecule has 1 saturated carbocycles. The number of fused-ring (bicyclic) bond motifs is 2. The van der Waals surface area contributed by atoms with Crippen LogP contribution in [-0.4, -0.2) is 62.9 Å². The highest BCUT2D eigenvalue weighted by Gasteiger charge is 2.72. The quantitative estimate of drug-likeness (QED) is 0.365.